The fourth-order valence-corrected chi connectivity index (χ4v) is 4.33. The van der Waals surface area contributed by atoms with Crippen molar-refractivity contribution < 1.29 is 19.1 Å². The largest absolute Gasteiger partial charge is 0.484 e. The molecule has 6 heteroatoms. The van der Waals surface area contributed by atoms with Gasteiger partial charge in [-0.2, -0.15) is 0 Å². The molecule has 0 radical (unpaired) electrons. The number of anilines is 1. The predicted molar refractivity (Wildman–Crippen MR) is 129 cm³/mol. The van der Waals surface area contributed by atoms with Crippen LogP contribution in [-0.2, 0) is 14.3 Å². The summed E-state index contributed by atoms with van der Waals surface area (Å²) in [6.07, 6.45) is 5.55. The highest BCUT2D eigenvalue weighted by Gasteiger charge is 2.40. The molecule has 1 aromatic carbocycles. The number of carbonyl (C=O) groups excluding carboxylic acids is 2. The summed E-state index contributed by atoms with van der Waals surface area (Å²) >= 11 is 0. The molecule has 1 N–H and O–H groups in total. The number of amides is 2. The number of hydrogen-bond acceptors (Lipinski definition) is 4. The van der Waals surface area contributed by atoms with Crippen molar-refractivity contribution in [2.45, 2.75) is 78.7 Å². The first-order chi connectivity index (χ1) is 15.3. The Bertz CT molecular complexity index is 699. The number of hydrogen-bond donors (Lipinski definition) is 1. The van der Waals surface area contributed by atoms with E-state index in [0.29, 0.717) is 42.7 Å². The van der Waals surface area contributed by atoms with Gasteiger partial charge in [0.2, 0.25) is 0 Å². The van der Waals surface area contributed by atoms with Crippen molar-refractivity contribution in [1.29, 1.82) is 0 Å². The number of likely N-dealkylation sites (tertiary alicyclic amines) is 1. The average molecular weight is 447 g/mol. The van der Waals surface area contributed by atoms with Crippen LogP contribution in [0.3, 0.4) is 0 Å². The molecule has 2 rings (SSSR count). The van der Waals surface area contributed by atoms with Crippen LogP contribution in [0.15, 0.2) is 24.3 Å². The Morgan fingerprint density at radius 2 is 1.59 bits per heavy atom. The van der Waals surface area contributed by atoms with Crippen LogP contribution in [0.25, 0.3) is 0 Å². The second kappa shape index (κ2) is 12.8. The summed E-state index contributed by atoms with van der Waals surface area (Å²) < 4.78 is 11.9. The fraction of sp³-hybridized carbons (Fsp3) is 0.692. The second-order valence-corrected chi connectivity index (χ2v) is 9.75. The van der Waals surface area contributed by atoms with Crippen molar-refractivity contribution >= 4 is 17.5 Å². The molecule has 0 atom stereocenters. The van der Waals surface area contributed by atoms with Gasteiger partial charge in [-0.15, -0.1) is 0 Å². The Morgan fingerprint density at radius 1 is 1.00 bits per heavy atom. The molecule has 1 saturated heterocycles. The van der Waals surface area contributed by atoms with Gasteiger partial charge in [0.25, 0.3) is 11.8 Å². The zero-order chi connectivity index (χ0) is 23.6. The monoisotopic (exact) mass is 446 g/mol. The molecule has 180 valence electrons. The molecule has 1 fully saturated rings. The lowest BCUT2D eigenvalue weighted by molar-refractivity contribution is -0.147. The summed E-state index contributed by atoms with van der Waals surface area (Å²) in [5.41, 5.74) is -0.143. The molecule has 0 bridgehead atoms. The molecule has 1 aromatic rings. The van der Waals surface area contributed by atoms with Gasteiger partial charge in [0.1, 0.15) is 11.4 Å². The van der Waals surface area contributed by atoms with Gasteiger partial charge in [-0.3, -0.25) is 9.59 Å². The van der Waals surface area contributed by atoms with Crippen LogP contribution < -0.4 is 10.1 Å². The van der Waals surface area contributed by atoms with Crippen LogP contribution in [0.2, 0.25) is 0 Å². The van der Waals surface area contributed by atoms with E-state index in [1.54, 1.807) is 12.1 Å². The first-order valence-corrected chi connectivity index (χ1v) is 12.2. The van der Waals surface area contributed by atoms with E-state index in [0.717, 1.165) is 32.4 Å². The molecule has 1 aliphatic rings. The van der Waals surface area contributed by atoms with E-state index in [1.165, 1.54) is 6.42 Å². The molecular formula is C26H42N2O4. The van der Waals surface area contributed by atoms with Crippen molar-refractivity contribution in [1.82, 2.24) is 4.90 Å². The normalized spacial score (nSPS) is 14.7. The third-order valence-corrected chi connectivity index (χ3v) is 5.66. The zero-order valence-corrected chi connectivity index (χ0v) is 20.6. The predicted octanol–water partition coefficient (Wildman–Crippen LogP) is 5.27. The summed E-state index contributed by atoms with van der Waals surface area (Å²) in [6, 6.07) is 7.21. The Kier molecular flexibility index (Phi) is 10.5. The summed E-state index contributed by atoms with van der Waals surface area (Å²) in [7, 11) is 0. The Labute approximate surface area is 194 Å². The van der Waals surface area contributed by atoms with Crippen LogP contribution in [0.1, 0.15) is 73.1 Å². The lowest BCUT2D eigenvalue weighted by Gasteiger charge is -2.35. The van der Waals surface area contributed by atoms with Crippen molar-refractivity contribution in [3.8, 4) is 5.75 Å². The number of ether oxygens (including phenoxy) is 2. The van der Waals surface area contributed by atoms with Gasteiger partial charge < -0.3 is 19.7 Å². The highest BCUT2D eigenvalue weighted by atomic mass is 16.5. The highest BCUT2D eigenvalue weighted by molar-refractivity contribution is 5.97. The third-order valence-electron chi connectivity index (χ3n) is 5.66. The first kappa shape index (κ1) is 26.2. The SMILES string of the molecule is CCCOC(CC(C)C)(CC(C)C)C(=O)Nc1ccc(OCC(=O)N2CCCCC2)cc1. The minimum atomic E-state index is -0.839. The number of benzene rings is 1. The number of carbonyl (C=O) groups is 2. The van der Waals surface area contributed by atoms with E-state index in [-0.39, 0.29) is 18.4 Å². The number of nitrogens with zero attached hydrogens (tertiary/aromatic N) is 1. The maximum Gasteiger partial charge on any atom is 0.260 e. The van der Waals surface area contributed by atoms with E-state index < -0.39 is 5.60 Å². The van der Waals surface area contributed by atoms with Crippen LogP contribution in [0.5, 0.6) is 5.75 Å². The van der Waals surface area contributed by atoms with Crippen molar-refractivity contribution in [3.63, 3.8) is 0 Å². The lowest BCUT2D eigenvalue weighted by Crippen LogP contribution is -2.47. The lowest BCUT2D eigenvalue weighted by atomic mass is 9.83. The molecule has 0 aliphatic carbocycles. The van der Waals surface area contributed by atoms with E-state index in [4.69, 9.17) is 9.47 Å². The van der Waals surface area contributed by atoms with Gasteiger partial charge in [0.05, 0.1) is 0 Å². The Balaban J connectivity index is 2.00. The molecule has 2 amide bonds. The molecule has 32 heavy (non-hydrogen) atoms. The minimum Gasteiger partial charge on any atom is -0.484 e. The Morgan fingerprint density at radius 3 is 2.12 bits per heavy atom. The molecular weight excluding hydrogens is 404 g/mol. The summed E-state index contributed by atoms with van der Waals surface area (Å²) in [5.74, 6) is 1.23. The van der Waals surface area contributed by atoms with Crippen LogP contribution in [0, 0.1) is 11.8 Å². The fourth-order valence-electron chi connectivity index (χ4n) is 4.33. The summed E-state index contributed by atoms with van der Waals surface area (Å²) in [4.78, 5) is 27.5. The van der Waals surface area contributed by atoms with Crippen molar-refractivity contribution in [2.75, 3.05) is 31.6 Å². The van der Waals surface area contributed by atoms with Gasteiger partial charge in [-0.25, -0.2) is 0 Å². The number of rotatable bonds is 12. The number of nitrogens with one attached hydrogen (secondary N) is 1. The first-order valence-electron chi connectivity index (χ1n) is 12.2. The third kappa shape index (κ3) is 8.12. The van der Waals surface area contributed by atoms with E-state index in [9.17, 15) is 9.59 Å². The van der Waals surface area contributed by atoms with E-state index >= 15 is 0 Å². The average Bonchev–Trinajstić information content (AvgIpc) is 2.76. The Hall–Kier alpha value is -2.08. The van der Waals surface area contributed by atoms with E-state index in [2.05, 4.69) is 39.9 Å². The smallest absolute Gasteiger partial charge is 0.260 e. The molecule has 1 heterocycles. The van der Waals surface area contributed by atoms with Gasteiger partial charge in [0.15, 0.2) is 6.61 Å². The molecule has 0 aromatic heterocycles. The van der Waals surface area contributed by atoms with Gasteiger partial charge in [-0.05, 0) is 74.6 Å². The van der Waals surface area contributed by atoms with Gasteiger partial charge in [0, 0.05) is 25.4 Å². The van der Waals surface area contributed by atoms with E-state index in [1.807, 2.05) is 17.0 Å². The maximum absolute atomic E-state index is 13.4. The van der Waals surface area contributed by atoms with Gasteiger partial charge in [-0.1, -0.05) is 34.6 Å². The van der Waals surface area contributed by atoms with Crippen molar-refractivity contribution in [3.05, 3.63) is 24.3 Å². The summed E-state index contributed by atoms with van der Waals surface area (Å²) in [6.45, 7) is 12.8. The maximum atomic E-state index is 13.4. The topological polar surface area (TPSA) is 67.9 Å². The summed E-state index contributed by atoms with van der Waals surface area (Å²) in [5, 5.41) is 3.05. The molecule has 0 unspecified atom stereocenters. The standard InChI is InChI=1S/C26H42N2O4/c1-6-16-32-26(17-20(2)3,18-21(4)5)25(30)27-22-10-12-23(13-11-22)31-19-24(29)28-14-8-7-9-15-28/h10-13,20-21H,6-9,14-19H2,1-5H3,(H,27,30). The molecule has 0 saturated carbocycles. The highest BCUT2D eigenvalue weighted by Crippen LogP contribution is 2.31. The second-order valence-electron chi connectivity index (χ2n) is 9.75. The van der Waals surface area contributed by atoms with Crippen LogP contribution in [0.4, 0.5) is 5.69 Å². The number of piperidine rings is 1. The quantitative estimate of drug-likeness (QED) is 0.475. The molecule has 0 spiro atoms. The van der Waals surface area contributed by atoms with Crippen LogP contribution in [-0.4, -0.2) is 48.6 Å². The van der Waals surface area contributed by atoms with Gasteiger partial charge >= 0.3 is 0 Å². The molecule has 1 aliphatic heterocycles. The van der Waals surface area contributed by atoms with Crippen LogP contribution >= 0.6 is 0 Å². The minimum absolute atomic E-state index is 0.0299. The zero-order valence-electron chi connectivity index (χ0n) is 20.6. The van der Waals surface area contributed by atoms with Crippen molar-refractivity contribution in [2.24, 2.45) is 11.8 Å². The molecule has 6 nitrogen and oxygen atoms in total.